The molecule has 1 aromatic rings. The number of hydrogen-bond acceptors (Lipinski definition) is 4. The maximum absolute atomic E-state index is 11.5. The van der Waals surface area contributed by atoms with E-state index < -0.39 is 9.84 Å². The van der Waals surface area contributed by atoms with E-state index in [4.69, 9.17) is 4.74 Å². The second kappa shape index (κ2) is 5.92. The molecule has 0 saturated carbocycles. The van der Waals surface area contributed by atoms with Gasteiger partial charge >= 0.3 is 0 Å². The predicted octanol–water partition coefficient (Wildman–Crippen LogP) is 1.71. The van der Waals surface area contributed by atoms with Gasteiger partial charge in [-0.05, 0) is 36.1 Å². The van der Waals surface area contributed by atoms with E-state index in [0.29, 0.717) is 6.54 Å². The van der Waals surface area contributed by atoms with Gasteiger partial charge in [0.05, 0.1) is 12.9 Å². The zero-order valence-corrected chi connectivity index (χ0v) is 12.3. The van der Waals surface area contributed by atoms with Crippen LogP contribution in [-0.2, 0) is 16.3 Å². The van der Waals surface area contributed by atoms with E-state index in [1.54, 1.807) is 14.0 Å². The minimum Gasteiger partial charge on any atom is -0.497 e. The molecule has 0 saturated heterocycles. The van der Waals surface area contributed by atoms with Gasteiger partial charge in [-0.25, -0.2) is 8.42 Å². The van der Waals surface area contributed by atoms with E-state index in [1.807, 2.05) is 12.1 Å². The van der Waals surface area contributed by atoms with Gasteiger partial charge < -0.3 is 10.1 Å². The van der Waals surface area contributed by atoms with Crippen molar-refractivity contribution in [2.75, 3.05) is 25.2 Å². The van der Waals surface area contributed by atoms with Gasteiger partial charge in [0.15, 0.2) is 9.84 Å². The van der Waals surface area contributed by atoms with Crippen LogP contribution in [0.15, 0.2) is 18.2 Å². The maximum atomic E-state index is 11.5. The smallest absolute Gasteiger partial charge is 0.151 e. The molecule has 1 N–H and O–H groups in total. The average molecular weight is 283 g/mol. The highest BCUT2D eigenvalue weighted by Gasteiger charge is 2.22. The summed E-state index contributed by atoms with van der Waals surface area (Å²) in [5, 5.41) is 3.34. The number of benzene rings is 1. The van der Waals surface area contributed by atoms with E-state index in [0.717, 1.165) is 18.6 Å². The van der Waals surface area contributed by atoms with E-state index in [2.05, 4.69) is 11.4 Å². The summed E-state index contributed by atoms with van der Waals surface area (Å²) in [5.41, 5.74) is 2.57. The third-order valence-electron chi connectivity index (χ3n) is 3.67. The number of fused-ring (bicyclic) bond motifs is 1. The second-order valence-electron chi connectivity index (χ2n) is 4.85. The van der Waals surface area contributed by atoms with Crippen molar-refractivity contribution in [2.24, 2.45) is 0 Å². The van der Waals surface area contributed by atoms with Gasteiger partial charge in [-0.15, -0.1) is 0 Å². The third kappa shape index (κ3) is 3.48. The molecule has 0 fully saturated rings. The van der Waals surface area contributed by atoms with Crippen LogP contribution in [0.1, 0.15) is 30.5 Å². The van der Waals surface area contributed by atoms with Gasteiger partial charge in [0, 0.05) is 18.3 Å². The first-order valence-corrected chi connectivity index (χ1v) is 8.48. The van der Waals surface area contributed by atoms with Crippen molar-refractivity contribution in [3.05, 3.63) is 29.3 Å². The fraction of sp³-hybridized carbons (Fsp3) is 0.571. The van der Waals surface area contributed by atoms with Crippen molar-refractivity contribution in [1.29, 1.82) is 0 Å². The molecule has 1 aliphatic rings. The molecule has 0 bridgehead atoms. The Morgan fingerprint density at radius 1 is 1.42 bits per heavy atom. The summed E-state index contributed by atoms with van der Waals surface area (Å²) >= 11 is 0. The van der Waals surface area contributed by atoms with Crippen LogP contribution < -0.4 is 10.1 Å². The van der Waals surface area contributed by atoms with Crippen LogP contribution in [0.4, 0.5) is 0 Å². The minimum atomic E-state index is -2.89. The number of nitrogens with one attached hydrogen (secondary N) is 1. The largest absolute Gasteiger partial charge is 0.497 e. The maximum Gasteiger partial charge on any atom is 0.151 e. The predicted molar refractivity (Wildman–Crippen MR) is 76.4 cm³/mol. The number of sulfone groups is 1. The van der Waals surface area contributed by atoms with Crippen molar-refractivity contribution in [3.8, 4) is 5.75 Å². The van der Waals surface area contributed by atoms with Crippen LogP contribution >= 0.6 is 0 Å². The number of aryl methyl sites for hydroxylation is 1. The molecule has 1 unspecified atom stereocenters. The molecule has 2 rings (SSSR count). The van der Waals surface area contributed by atoms with Crippen LogP contribution in [-0.4, -0.2) is 33.6 Å². The molecule has 5 heteroatoms. The molecule has 0 aliphatic heterocycles. The van der Waals surface area contributed by atoms with Gasteiger partial charge in [0.25, 0.3) is 0 Å². The van der Waals surface area contributed by atoms with Crippen LogP contribution in [0.3, 0.4) is 0 Å². The number of ether oxygens (including phenoxy) is 1. The molecule has 1 aromatic carbocycles. The van der Waals surface area contributed by atoms with Crippen molar-refractivity contribution in [3.63, 3.8) is 0 Å². The molecule has 0 heterocycles. The van der Waals surface area contributed by atoms with E-state index in [1.165, 1.54) is 11.1 Å². The molecule has 0 spiro atoms. The first kappa shape index (κ1) is 14.3. The Morgan fingerprint density at radius 3 is 2.89 bits per heavy atom. The summed E-state index contributed by atoms with van der Waals surface area (Å²) in [6, 6.07) is 6.37. The fourth-order valence-corrected chi connectivity index (χ4v) is 3.17. The summed E-state index contributed by atoms with van der Waals surface area (Å²) in [5.74, 6) is 1.27. The van der Waals surface area contributed by atoms with E-state index in [9.17, 15) is 8.42 Å². The molecule has 19 heavy (non-hydrogen) atoms. The first-order valence-electron chi connectivity index (χ1n) is 6.66. The van der Waals surface area contributed by atoms with E-state index in [-0.39, 0.29) is 17.5 Å². The highest BCUT2D eigenvalue weighted by Crippen LogP contribution is 2.33. The van der Waals surface area contributed by atoms with Crippen LogP contribution in [0.5, 0.6) is 5.75 Å². The fourth-order valence-electron chi connectivity index (χ4n) is 2.45. The normalized spacial score (nSPS) is 18.3. The highest BCUT2D eigenvalue weighted by molar-refractivity contribution is 7.91. The van der Waals surface area contributed by atoms with Crippen molar-refractivity contribution < 1.29 is 13.2 Å². The summed E-state index contributed by atoms with van der Waals surface area (Å²) < 4.78 is 28.2. The second-order valence-corrected chi connectivity index (χ2v) is 7.32. The summed E-state index contributed by atoms with van der Waals surface area (Å²) in [6.07, 6.45) is 2.06. The number of hydrogen-bond donors (Lipinski definition) is 1. The Labute approximate surface area is 115 Å². The quantitative estimate of drug-likeness (QED) is 0.863. The van der Waals surface area contributed by atoms with Crippen LogP contribution in [0.2, 0.25) is 0 Å². The summed E-state index contributed by atoms with van der Waals surface area (Å²) in [7, 11) is -1.23. The lowest BCUT2D eigenvalue weighted by molar-refractivity contribution is 0.413. The zero-order valence-electron chi connectivity index (χ0n) is 11.5. The highest BCUT2D eigenvalue weighted by atomic mass is 32.2. The molecule has 0 amide bonds. The molecular formula is C14H21NO3S. The molecule has 1 atom stereocenters. The zero-order chi connectivity index (χ0) is 13.9. The Hall–Kier alpha value is -1.07. The molecular weight excluding hydrogens is 262 g/mol. The minimum absolute atomic E-state index is 0.208. The number of rotatable bonds is 6. The Morgan fingerprint density at radius 2 is 2.21 bits per heavy atom. The van der Waals surface area contributed by atoms with Crippen molar-refractivity contribution in [2.45, 2.75) is 25.8 Å². The summed E-state index contributed by atoms with van der Waals surface area (Å²) in [4.78, 5) is 0. The topological polar surface area (TPSA) is 55.4 Å². The van der Waals surface area contributed by atoms with Crippen molar-refractivity contribution in [1.82, 2.24) is 5.32 Å². The van der Waals surface area contributed by atoms with E-state index >= 15 is 0 Å². The molecule has 4 nitrogen and oxygen atoms in total. The van der Waals surface area contributed by atoms with Crippen molar-refractivity contribution >= 4 is 9.84 Å². The number of methoxy groups -OCH3 is 1. The van der Waals surface area contributed by atoms with Gasteiger partial charge in [-0.1, -0.05) is 13.0 Å². The third-order valence-corrected chi connectivity index (χ3v) is 5.38. The molecule has 0 radical (unpaired) electrons. The monoisotopic (exact) mass is 283 g/mol. The van der Waals surface area contributed by atoms with Gasteiger partial charge in [0.1, 0.15) is 5.75 Å². The summed E-state index contributed by atoms with van der Waals surface area (Å²) in [6.45, 7) is 2.20. The SMILES string of the molecule is CCS(=O)(=O)CCNC1CCc2ccc(OC)cc21. The van der Waals surface area contributed by atoms with Gasteiger partial charge in [-0.3, -0.25) is 0 Å². The van der Waals surface area contributed by atoms with Crippen LogP contribution in [0, 0.1) is 0 Å². The van der Waals surface area contributed by atoms with Crippen LogP contribution in [0.25, 0.3) is 0 Å². The lowest BCUT2D eigenvalue weighted by Gasteiger charge is -2.14. The lowest BCUT2D eigenvalue weighted by atomic mass is 10.1. The molecule has 0 aromatic heterocycles. The van der Waals surface area contributed by atoms with Gasteiger partial charge in [-0.2, -0.15) is 0 Å². The Kier molecular flexibility index (Phi) is 4.47. The molecule has 106 valence electrons. The molecule has 1 aliphatic carbocycles. The Balaban J connectivity index is 1.98. The van der Waals surface area contributed by atoms with Gasteiger partial charge in [0.2, 0.25) is 0 Å². The lowest BCUT2D eigenvalue weighted by Crippen LogP contribution is -2.26. The first-order chi connectivity index (χ1) is 9.05. The standard InChI is InChI=1S/C14H21NO3S/c1-3-19(16,17)9-8-15-14-7-5-11-4-6-12(18-2)10-13(11)14/h4,6,10,14-15H,3,5,7-9H2,1-2H3. The Bertz CT molecular complexity index is 540. The average Bonchev–Trinajstić information content (AvgIpc) is 2.81.